The summed E-state index contributed by atoms with van der Waals surface area (Å²) < 4.78 is 16.1. The van der Waals surface area contributed by atoms with Gasteiger partial charge in [0, 0.05) is 23.5 Å². The number of benzene rings is 2. The number of thioether (sulfide) groups is 1. The van der Waals surface area contributed by atoms with E-state index in [1.165, 1.54) is 23.4 Å². The van der Waals surface area contributed by atoms with Crippen molar-refractivity contribution in [2.75, 3.05) is 5.75 Å². The topological polar surface area (TPSA) is 63.6 Å². The lowest BCUT2D eigenvalue weighted by atomic mass is 10.2. The number of rotatable bonds is 7. The molecule has 0 atom stereocenters. The molecule has 0 bridgehead atoms. The van der Waals surface area contributed by atoms with Crippen molar-refractivity contribution >= 4 is 17.5 Å². The third-order valence-electron chi connectivity index (χ3n) is 4.98. The van der Waals surface area contributed by atoms with Crippen LogP contribution in [0.25, 0.3) is 11.4 Å². The largest absolute Gasteiger partial charge is 0.344 e. The lowest BCUT2D eigenvalue weighted by Crippen LogP contribution is -2.07. The van der Waals surface area contributed by atoms with Crippen molar-refractivity contribution in [3.8, 4) is 11.4 Å². The predicted molar refractivity (Wildman–Crippen MR) is 116 cm³/mol. The number of Topliss-reactive ketones (excluding diaryl/α,β-unsaturated/α-hetero) is 1. The van der Waals surface area contributed by atoms with Crippen LogP contribution in [-0.2, 0) is 6.54 Å². The maximum Gasteiger partial charge on any atom is 0.209 e. The molecule has 30 heavy (non-hydrogen) atoms. The molecule has 0 saturated carbocycles. The first-order chi connectivity index (χ1) is 14.5. The minimum absolute atomic E-state index is 0.0182. The van der Waals surface area contributed by atoms with Crippen LogP contribution < -0.4 is 0 Å². The monoisotopic (exact) mass is 420 g/mol. The Kier molecular flexibility index (Phi) is 5.81. The minimum atomic E-state index is -0.368. The van der Waals surface area contributed by atoms with Gasteiger partial charge >= 0.3 is 0 Å². The summed E-state index contributed by atoms with van der Waals surface area (Å²) in [5, 5.41) is 7.26. The number of nitrogens with one attached hydrogen (secondary N) is 1. The number of halogens is 1. The smallest absolute Gasteiger partial charge is 0.209 e. The van der Waals surface area contributed by atoms with Crippen LogP contribution in [-0.4, -0.2) is 31.3 Å². The second-order valence-electron chi connectivity index (χ2n) is 7.01. The van der Waals surface area contributed by atoms with Gasteiger partial charge in [-0.25, -0.2) is 9.37 Å². The van der Waals surface area contributed by atoms with Gasteiger partial charge in [0.15, 0.2) is 11.6 Å². The number of hydrogen-bond donors (Lipinski definition) is 1. The Labute approximate surface area is 178 Å². The van der Waals surface area contributed by atoms with Crippen LogP contribution in [0.2, 0.25) is 0 Å². The van der Waals surface area contributed by atoms with Gasteiger partial charge in [-0.3, -0.25) is 9.89 Å². The molecule has 0 amide bonds. The fourth-order valence-corrected chi connectivity index (χ4v) is 4.07. The van der Waals surface area contributed by atoms with E-state index < -0.39 is 0 Å². The summed E-state index contributed by atoms with van der Waals surface area (Å²) in [7, 11) is 0. The Balaban J connectivity index is 1.45. The van der Waals surface area contributed by atoms with Crippen molar-refractivity contribution in [2.24, 2.45) is 0 Å². The number of ketones is 1. The van der Waals surface area contributed by atoms with E-state index in [9.17, 15) is 9.18 Å². The van der Waals surface area contributed by atoms with Gasteiger partial charge < -0.3 is 4.57 Å². The third-order valence-corrected chi connectivity index (χ3v) is 5.83. The highest BCUT2D eigenvalue weighted by atomic mass is 32.2. The summed E-state index contributed by atoms with van der Waals surface area (Å²) in [4.78, 5) is 17.1. The van der Waals surface area contributed by atoms with Crippen molar-refractivity contribution in [1.82, 2.24) is 19.7 Å². The van der Waals surface area contributed by atoms with Crippen LogP contribution >= 0.6 is 11.8 Å². The summed E-state index contributed by atoms with van der Waals surface area (Å²) in [5.41, 5.74) is 4.25. The molecule has 7 heteroatoms. The zero-order valence-electron chi connectivity index (χ0n) is 16.7. The molecular weight excluding hydrogens is 399 g/mol. The number of carbonyl (C=O) groups excluding carboxylic acids is 1. The average Bonchev–Trinajstić information content (AvgIpc) is 3.33. The molecular formula is C23H21FN4OS. The van der Waals surface area contributed by atoms with Crippen LogP contribution in [0.3, 0.4) is 0 Å². The molecule has 4 rings (SSSR count). The number of aromatic amines is 1. The second kappa shape index (κ2) is 8.67. The van der Waals surface area contributed by atoms with Gasteiger partial charge in [-0.1, -0.05) is 54.2 Å². The number of aromatic nitrogens is 4. The fourth-order valence-electron chi connectivity index (χ4n) is 3.39. The van der Waals surface area contributed by atoms with E-state index in [0.717, 1.165) is 17.9 Å². The third kappa shape index (κ3) is 4.21. The van der Waals surface area contributed by atoms with E-state index in [1.807, 2.05) is 38.1 Å². The van der Waals surface area contributed by atoms with Crippen molar-refractivity contribution in [3.63, 3.8) is 0 Å². The number of aryl methyl sites for hydroxylation is 1. The van der Waals surface area contributed by atoms with Crippen LogP contribution in [0, 0.1) is 19.7 Å². The van der Waals surface area contributed by atoms with Crippen LogP contribution in [0.4, 0.5) is 4.39 Å². The highest BCUT2D eigenvalue weighted by Crippen LogP contribution is 2.24. The molecule has 152 valence electrons. The van der Waals surface area contributed by atoms with Crippen LogP contribution in [0.1, 0.15) is 27.3 Å². The summed E-state index contributed by atoms with van der Waals surface area (Å²) in [6.07, 6.45) is 0. The predicted octanol–water partition coefficient (Wildman–Crippen LogP) is 5.05. The molecule has 2 heterocycles. The van der Waals surface area contributed by atoms with Gasteiger partial charge in [0.1, 0.15) is 5.82 Å². The summed E-state index contributed by atoms with van der Waals surface area (Å²) in [6.45, 7) is 4.71. The summed E-state index contributed by atoms with van der Waals surface area (Å²) in [5.74, 6) is 0.213. The molecule has 2 aromatic heterocycles. The van der Waals surface area contributed by atoms with Crippen LogP contribution in [0.15, 0.2) is 65.8 Å². The Hall–Kier alpha value is -3.19. The van der Waals surface area contributed by atoms with Gasteiger partial charge in [-0.15, -0.1) is 5.10 Å². The van der Waals surface area contributed by atoms with E-state index in [1.54, 1.807) is 18.2 Å². The number of carbonyl (C=O) groups is 1. The quantitative estimate of drug-likeness (QED) is 0.336. The maximum absolute atomic E-state index is 13.9. The van der Waals surface area contributed by atoms with Gasteiger partial charge in [-0.05, 0) is 37.6 Å². The fraction of sp³-hybridized carbons (Fsp3) is 0.174. The standard InChI is InChI=1S/C23H21FN4OS/c1-15-12-19(16(2)28(15)13-17-8-4-3-5-9-17)21(29)14-30-23-25-22(26-27-23)18-10-6-7-11-20(18)24/h3-12H,13-14H2,1-2H3,(H,25,26,27). The highest BCUT2D eigenvalue weighted by molar-refractivity contribution is 7.99. The first-order valence-electron chi connectivity index (χ1n) is 9.57. The van der Waals surface area contributed by atoms with Gasteiger partial charge in [-0.2, -0.15) is 0 Å². The van der Waals surface area contributed by atoms with E-state index in [2.05, 4.69) is 31.9 Å². The van der Waals surface area contributed by atoms with Gasteiger partial charge in [0.2, 0.25) is 5.16 Å². The molecule has 5 nitrogen and oxygen atoms in total. The second-order valence-corrected chi connectivity index (χ2v) is 7.96. The number of H-pyrrole nitrogens is 1. The molecule has 0 aliphatic carbocycles. The Morgan fingerprint density at radius 2 is 1.83 bits per heavy atom. The zero-order valence-corrected chi connectivity index (χ0v) is 17.5. The molecule has 2 aromatic carbocycles. The molecule has 0 radical (unpaired) electrons. The highest BCUT2D eigenvalue weighted by Gasteiger charge is 2.17. The van der Waals surface area contributed by atoms with Gasteiger partial charge in [0.25, 0.3) is 0 Å². The molecule has 1 N–H and O–H groups in total. The Bertz CT molecular complexity index is 1180. The van der Waals surface area contributed by atoms with Crippen molar-refractivity contribution in [1.29, 1.82) is 0 Å². The average molecular weight is 421 g/mol. The molecule has 4 aromatic rings. The Morgan fingerprint density at radius 3 is 2.60 bits per heavy atom. The van der Waals surface area contributed by atoms with E-state index in [4.69, 9.17) is 0 Å². The SMILES string of the molecule is Cc1cc(C(=O)CSc2n[nH]c(-c3ccccc3F)n2)c(C)n1Cc1ccccc1. The molecule has 0 saturated heterocycles. The van der Waals surface area contributed by atoms with Crippen LogP contribution in [0.5, 0.6) is 0 Å². The van der Waals surface area contributed by atoms with Crippen molar-refractivity contribution in [3.05, 3.63) is 89.0 Å². The number of nitrogens with zero attached hydrogens (tertiary/aromatic N) is 3. The zero-order chi connectivity index (χ0) is 21.1. The molecule has 0 aliphatic rings. The lowest BCUT2D eigenvalue weighted by molar-refractivity contribution is 0.102. The normalized spacial score (nSPS) is 11.0. The molecule has 0 fully saturated rings. The first kappa shape index (κ1) is 20.1. The molecule has 0 spiro atoms. The first-order valence-corrected chi connectivity index (χ1v) is 10.6. The van der Waals surface area contributed by atoms with Gasteiger partial charge in [0.05, 0.1) is 11.3 Å². The Morgan fingerprint density at radius 1 is 1.10 bits per heavy atom. The maximum atomic E-state index is 13.9. The van der Waals surface area contributed by atoms with Crippen molar-refractivity contribution < 1.29 is 9.18 Å². The minimum Gasteiger partial charge on any atom is -0.344 e. The summed E-state index contributed by atoms with van der Waals surface area (Å²) >= 11 is 1.24. The van der Waals surface area contributed by atoms with E-state index >= 15 is 0 Å². The summed E-state index contributed by atoms with van der Waals surface area (Å²) in [6, 6.07) is 18.5. The lowest BCUT2D eigenvalue weighted by Gasteiger charge is -2.09. The molecule has 0 aliphatic heterocycles. The van der Waals surface area contributed by atoms with Crippen molar-refractivity contribution in [2.45, 2.75) is 25.5 Å². The van der Waals surface area contributed by atoms with E-state index in [-0.39, 0.29) is 17.4 Å². The van der Waals surface area contributed by atoms with E-state index in [0.29, 0.717) is 22.1 Å². The molecule has 0 unspecified atom stereocenters. The number of hydrogen-bond acceptors (Lipinski definition) is 4.